The highest BCUT2D eigenvalue weighted by Crippen LogP contribution is 2.47. The summed E-state index contributed by atoms with van der Waals surface area (Å²) in [5.74, 6) is 1.19. The maximum atomic E-state index is 6.47. The molecule has 1 aliphatic rings. The smallest absolute Gasteiger partial charge is 0.0820 e. The zero-order valence-electron chi connectivity index (χ0n) is 14.0. The molecule has 2 atom stereocenters. The molecule has 1 aromatic rings. The standard InChI is InChI=1S/C17H30ClN3/c1-5-9-19-11-13-7-8-17(3,4)10-14(13)16-15(18)12-20-21(16)6-2/h12-14,19H,5-11H2,1-4H3. The molecule has 21 heavy (non-hydrogen) atoms. The van der Waals surface area contributed by atoms with E-state index >= 15 is 0 Å². The van der Waals surface area contributed by atoms with Crippen molar-refractivity contribution in [1.82, 2.24) is 15.1 Å². The zero-order chi connectivity index (χ0) is 15.5. The Labute approximate surface area is 134 Å². The molecule has 1 N–H and O–H groups in total. The largest absolute Gasteiger partial charge is 0.316 e. The van der Waals surface area contributed by atoms with Gasteiger partial charge in [-0.25, -0.2) is 0 Å². The molecule has 0 aliphatic heterocycles. The van der Waals surface area contributed by atoms with Crippen LogP contribution in [0.25, 0.3) is 0 Å². The fraction of sp³-hybridized carbons (Fsp3) is 0.824. The van der Waals surface area contributed by atoms with E-state index in [-0.39, 0.29) is 0 Å². The lowest BCUT2D eigenvalue weighted by Crippen LogP contribution is -2.36. The van der Waals surface area contributed by atoms with Gasteiger partial charge in [-0.1, -0.05) is 32.4 Å². The molecule has 0 saturated heterocycles. The average Bonchev–Trinajstić information content (AvgIpc) is 2.81. The van der Waals surface area contributed by atoms with Gasteiger partial charge in [-0.15, -0.1) is 0 Å². The Morgan fingerprint density at radius 1 is 1.43 bits per heavy atom. The predicted molar refractivity (Wildman–Crippen MR) is 89.9 cm³/mol. The number of nitrogens with one attached hydrogen (secondary N) is 1. The Hall–Kier alpha value is -0.540. The van der Waals surface area contributed by atoms with Crippen LogP contribution in [-0.4, -0.2) is 22.9 Å². The number of rotatable bonds is 6. The topological polar surface area (TPSA) is 29.9 Å². The van der Waals surface area contributed by atoms with Crippen molar-refractivity contribution < 1.29 is 0 Å². The van der Waals surface area contributed by atoms with Crippen molar-refractivity contribution in [2.45, 2.75) is 65.8 Å². The van der Waals surface area contributed by atoms with Crippen LogP contribution >= 0.6 is 11.6 Å². The van der Waals surface area contributed by atoms with E-state index in [1.165, 1.54) is 31.4 Å². The Kier molecular flexibility index (Phi) is 5.73. The molecule has 1 heterocycles. The molecular weight excluding hydrogens is 282 g/mol. The van der Waals surface area contributed by atoms with Crippen molar-refractivity contribution in [3.05, 3.63) is 16.9 Å². The van der Waals surface area contributed by atoms with Crippen LogP contribution in [-0.2, 0) is 6.54 Å². The molecule has 0 amide bonds. The lowest BCUT2D eigenvalue weighted by Gasteiger charge is -2.41. The molecule has 1 fully saturated rings. The SMILES string of the molecule is CCCNCC1CCC(C)(C)CC1c1c(Cl)cnn1CC. The first-order valence-corrected chi connectivity index (χ1v) is 8.78. The summed E-state index contributed by atoms with van der Waals surface area (Å²) in [6.07, 6.45) is 6.80. The minimum Gasteiger partial charge on any atom is -0.316 e. The third-order valence-electron chi connectivity index (χ3n) is 4.85. The third-order valence-corrected chi connectivity index (χ3v) is 5.14. The van der Waals surface area contributed by atoms with Crippen molar-refractivity contribution in [2.24, 2.45) is 11.3 Å². The van der Waals surface area contributed by atoms with Crippen LogP contribution in [0.1, 0.15) is 65.0 Å². The zero-order valence-corrected chi connectivity index (χ0v) is 14.7. The minimum atomic E-state index is 0.401. The molecule has 2 unspecified atom stereocenters. The molecule has 3 nitrogen and oxygen atoms in total. The van der Waals surface area contributed by atoms with Gasteiger partial charge in [0.05, 0.1) is 16.9 Å². The molecule has 1 aromatic heterocycles. The lowest BCUT2D eigenvalue weighted by atomic mass is 9.66. The van der Waals surface area contributed by atoms with E-state index in [0.717, 1.165) is 24.7 Å². The summed E-state index contributed by atoms with van der Waals surface area (Å²) in [6.45, 7) is 12.2. The van der Waals surface area contributed by atoms with Crippen molar-refractivity contribution in [2.75, 3.05) is 13.1 Å². The first-order valence-electron chi connectivity index (χ1n) is 8.40. The number of hydrogen-bond acceptors (Lipinski definition) is 2. The van der Waals surface area contributed by atoms with Gasteiger partial charge in [0.1, 0.15) is 0 Å². The van der Waals surface area contributed by atoms with Crippen molar-refractivity contribution in [3.8, 4) is 0 Å². The van der Waals surface area contributed by atoms with Gasteiger partial charge in [0.15, 0.2) is 0 Å². The van der Waals surface area contributed by atoms with Gasteiger partial charge in [-0.2, -0.15) is 5.10 Å². The predicted octanol–water partition coefficient (Wildman–Crippen LogP) is 4.47. The van der Waals surface area contributed by atoms with Gasteiger partial charge in [-0.3, -0.25) is 4.68 Å². The second-order valence-corrected chi connectivity index (χ2v) is 7.58. The number of hydrogen-bond donors (Lipinski definition) is 1. The average molecular weight is 312 g/mol. The van der Waals surface area contributed by atoms with Crippen molar-refractivity contribution in [3.63, 3.8) is 0 Å². The minimum absolute atomic E-state index is 0.401. The van der Waals surface area contributed by atoms with Crippen LogP contribution in [0.2, 0.25) is 5.02 Å². The third kappa shape index (κ3) is 4.01. The molecule has 0 spiro atoms. The molecule has 1 aliphatic carbocycles. The van der Waals surface area contributed by atoms with Crippen LogP contribution in [0.4, 0.5) is 0 Å². The highest BCUT2D eigenvalue weighted by atomic mass is 35.5. The number of aryl methyl sites for hydroxylation is 1. The second kappa shape index (κ2) is 7.15. The molecule has 120 valence electrons. The number of halogens is 1. The summed E-state index contributed by atoms with van der Waals surface area (Å²) in [5, 5.41) is 8.91. The molecular formula is C17H30ClN3. The first kappa shape index (κ1) is 16.8. The Morgan fingerprint density at radius 3 is 2.86 bits per heavy atom. The normalized spacial score (nSPS) is 25.2. The maximum Gasteiger partial charge on any atom is 0.0820 e. The highest BCUT2D eigenvalue weighted by Gasteiger charge is 2.37. The molecule has 4 heteroatoms. The lowest BCUT2D eigenvalue weighted by molar-refractivity contribution is 0.154. The summed E-state index contributed by atoms with van der Waals surface area (Å²) >= 11 is 6.47. The van der Waals surface area contributed by atoms with Crippen molar-refractivity contribution in [1.29, 1.82) is 0 Å². The summed E-state index contributed by atoms with van der Waals surface area (Å²) in [6, 6.07) is 0. The van der Waals surface area contributed by atoms with Gasteiger partial charge in [0.2, 0.25) is 0 Å². The quantitative estimate of drug-likeness (QED) is 0.786. The molecule has 0 bridgehead atoms. The van der Waals surface area contributed by atoms with E-state index in [2.05, 4.69) is 42.8 Å². The van der Waals surface area contributed by atoms with Gasteiger partial charge >= 0.3 is 0 Å². The van der Waals surface area contributed by atoms with Crippen LogP contribution in [0, 0.1) is 11.3 Å². The second-order valence-electron chi connectivity index (χ2n) is 7.17. The van der Waals surface area contributed by atoms with Gasteiger partial charge in [0, 0.05) is 12.5 Å². The summed E-state index contributed by atoms with van der Waals surface area (Å²) in [5.41, 5.74) is 1.66. The van der Waals surface area contributed by atoms with E-state index in [0.29, 0.717) is 17.3 Å². The fourth-order valence-corrected chi connectivity index (χ4v) is 3.94. The Bertz CT molecular complexity index is 453. The van der Waals surface area contributed by atoms with Crippen molar-refractivity contribution >= 4 is 11.6 Å². The number of aromatic nitrogens is 2. The first-order chi connectivity index (χ1) is 9.98. The van der Waals surface area contributed by atoms with Crippen LogP contribution in [0.3, 0.4) is 0 Å². The Balaban J connectivity index is 2.22. The molecule has 0 aromatic carbocycles. The number of nitrogens with zero attached hydrogens (tertiary/aromatic N) is 2. The Morgan fingerprint density at radius 2 is 2.19 bits per heavy atom. The van der Waals surface area contributed by atoms with E-state index in [9.17, 15) is 0 Å². The summed E-state index contributed by atoms with van der Waals surface area (Å²) < 4.78 is 2.10. The van der Waals surface area contributed by atoms with Crippen LogP contribution in [0.15, 0.2) is 6.20 Å². The highest BCUT2D eigenvalue weighted by molar-refractivity contribution is 6.31. The van der Waals surface area contributed by atoms with E-state index in [4.69, 9.17) is 11.6 Å². The van der Waals surface area contributed by atoms with Crippen LogP contribution < -0.4 is 5.32 Å². The molecule has 0 radical (unpaired) electrons. The monoisotopic (exact) mass is 311 g/mol. The van der Waals surface area contributed by atoms with Crippen LogP contribution in [0.5, 0.6) is 0 Å². The fourth-order valence-electron chi connectivity index (χ4n) is 3.66. The maximum absolute atomic E-state index is 6.47. The van der Waals surface area contributed by atoms with Gasteiger partial charge < -0.3 is 5.32 Å². The molecule has 1 saturated carbocycles. The van der Waals surface area contributed by atoms with E-state index < -0.39 is 0 Å². The van der Waals surface area contributed by atoms with Gasteiger partial charge in [0.25, 0.3) is 0 Å². The summed E-state index contributed by atoms with van der Waals surface area (Å²) in [7, 11) is 0. The summed E-state index contributed by atoms with van der Waals surface area (Å²) in [4.78, 5) is 0. The van der Waals surface area contributed by atoms with E-state index in [1.54, 1.807) is 0 Å². The van der Waals surface area contributed by atoms with Gasteiger partial charge in [-0.05, 0) is 57.0 Å². The molecule has 2 rings (SSSR count). The van der Waals surface area contributed by atoms with E-state index in [1.807, 2.05) is 6.20 Å².